The van der Waals surface area contributed by atoms with Gasteiger partial charge in [0.15, 0.2) is 0 Å². The molecule has 0 spiro atoms. The van der Waals surface area contributed by atoms with Crippen molar-refractivity contribution in [1.29, 1.82) is 0 Å². The number of hydrogen-bond acceptors (Lipinski definition) is 8. The number of carboxylic acids is 1. The first-order valence-electron chi connectivity index (χ1n) is 23.6. The van der Waals surface area contributed by atoms with Crippen molar-refractivity contribution in [3.63, 3.8) is 0 Å². The zero-order chi connectivity index (χ0) is 41.0. The van der Waals surface area contributed by atoms with E-state index in [2.05, 4.69) is 41.5 Å². The molecule has 8 aliphatic rings. The summed E-state index contributed by atoms with van der Waals surface area (Å²) in [6.45, 7) is 13.7. The van der Waals surface area contributed by atoms with E-state index in [1.54, 1.807) is 0 Å². The molecule has 0 aliphatic heterocycles. The van der Waals surface area contributed by atoms with Crippen LogP contribution in [0.1, 0.15) is 157 Å². The second-order valence-corrected chi connectivity index (χ2v) is 22.9. The van der Waals surface area contributed by atoms with E-state index in [4.69, 9.17) is 4.74 Å². The maximum Gasteiger partial charge on any atom is 0.306 e. The Hall–Kier alpha value is -1.26. The van der Waals surface area contributed by atoms with Crippen LogP contribution in [-0.2, 0) is 14.3 Å². The normalized spacial score (nSPS) is 53.9. The monoisotopic (exact) mass is 799 g/mol. The van der Waals surface area contributed by atoms with Crippen molar-refractivity contribution in [2.75, 3.05) is 0 Å². The lowest BCUT2D eigenvalue weighted by Crippen LogP contribution is -2.62. The number of esters is 1. The highest BCUT2D eigenvalue weighted by Gasteiger charge is 2.67. The van der Waals surface area contributed by atoms with Gasteiger partial charge in [0.1, 0.15) is 6.10 Å². The van der Waals surface area contributed by atoms with Crippen molar-refractivity contribution in [2.24, 2.45) is 92.7 Å². The van der Waals surface area contributed by atoms with Gasteiger partial charge >= 0.3 is 11.9 Å². The first-order valence-corrected chi connectivity index (χ1v) is 23.6. The van der Waals surface area contributed by atoms with Crippen LogP contribution in [0.2, 0.25) is 0 Å². The fourth-order valence-corrected chi connectivity index (χ4v) is 17.7. The summed E-state index contributed by atoms with van der Waals surface area (Å²) in [6.07, 6.45) is 11.5. The number of carboxylic acid groups (broad SMARTS) is 1. The van der Waals surface area contributed by atoms with Gasteiger partial charge in [-0.25, -0.2) is 0 Å². The molecular weight excluding hydrogens is 721 g/mol. The number of carbonyl (C=O) groups excluding carboxylic acids is 1. The molecule has 0 unspecified atom stereocenters. The third kappa shape index (κ3) is 6.70. The van der Waals surface area contributed by atoms with Gasteiger partial charge in [0.2, 0.25) is 0 Å². The molecule has 8 saturated carbocycles. The molecular formula is C48H78O9. The first-order chi connectivity index (χ1) is 26.8. The van der Waals surface area contributed by atoms with E-state index in [0.717, 1.165) is 77.0 Å². The quantitative estimate of drug-likeness (QED) is 0.131. The van der Waals surface area contributed by atoms with E-state index in [0.29, 0.717) is 38.0 Å². The largest absolute Gasteiger partial charge is 0.481 e. The molecule has 57 heavy (non-hydrogen) atoms. The highest BCUT2D eigenvalue weighted by Crippen LogP contribution is 2.70. The first kappa shape index (κ1) is 42.4. The molecule has 9 heteroatoms. The standard InChI is InChI=1S/C48H78O9/c1-25(7-13-41(54)55)31-9-11-34-44-36(24-40(53)47(31,34)5)46(4)18-16-30(20-28(46)22-38(44)51)57-42(56)14-8-26(2)32-10-12-33-43-35(23-39(52)48(32,33)6)45(3)17-15-29(49)19-27(45)21-37(43)50/h25-40,43-44,49-53H,7-24H2,1-6H3,(H,54,55)/t25-,26-,27+,28+,29-,30-,31-,32-,33+,34+,35+,36+,37-,38-,39+,40+,43+,44+,45+,46+,47-,48-/m1/s1. The Morgan fingerprint density at radius 2 is 1.07 bits per heavy atom. The third-order valence-electron chi connectivity index (χ3n) is 20.9. The smallest absolute Gasteiger partial charge is 0.306 e. The molecule has 22 atom stereocenters. The summed E-state index contributed by atoms with van der Waals surface area (Å²) in [5.74, 6) is 1.86. The third-order valence-corrected chi connectivity index (χ3v) is 20.9. The van der Waals surface area contributed by atoms with Crippen molar-refractivity contribution in [2.45, 2.75) is 194 Å². The number of aliphatic carboxylic acids is 1. The van der Waals surface area contributed by atoms with E-state index in [-0.39, 0.29) is 111 Å². The summed E-state index contributed by atoms with van der Waals surface area (Å²) in [6, 6.07) is 0. The summed E-state index contributed by atoms with van der Waals surface area (Å²) >= 11 is 0. The van der Waals surface area contributed by atoms with E-state index in [9.17, 15) is 40.2 Å². The Labute approximate surface area is 342 Å². The number of fused-ring (bicyclic) bond motifs is 10. The second-order valence-electron chi connectivity index (χ2n) is 22.9. The van der Waals surface area contributed by atoms with E-state index >= 15 is 0 Å². The van der Waals surface area contributed by atoms with Gasteiger partial charge in [0, 0.05) is 12.8 Å². The Morgan fingerprint density at radius 1 is 0.596 bits per heavy atom. The minimum Gasteiger partial charge on any atom is -0.481 e. The molecule has 8 rings (SSSR count). The van der Waals surface area contributed by atoms with Gasteiger partial charge in [-0.15, -0.1) is 0 Å². The average molecular weight is 799 g/mol. The highest BCUT2D eigenvalue weighted by molar-refractivity contribution is 5.69. The van der Waals surface area contributed by atoms with Crippen LogP contribution < -0.4 is 0 Å². The van der Waals surface area contributed by atoms with Gasteiger partial charge in [-0.1, -0.05) is 41.5 Å². The predicted molar refractivity (Wildman–Crippen MR) is 216 cm³/mol. The molecule has 0 aromatic heterocycles. The van der Waals surface area contributed by atoms with Gasteiger partial charge in [0.05, 0.1) is 30.5 Å². The Morgan fingerprint density at radius 3 is 1.58 bits per heavy atom. The molecule has 9 nitrogen and oxygen atoms in total. The lowest BCUT2D eigenvalue weighted by molar-refractivity contribution is -0.209. The van der Waals surface area contributed by atoms with Crippen molar-refractivity contribution < 1.29 is 45.0 Å². The summed E-state index contributed by atoms with van der Waals surface area (Å²) in [5.41, 5.74) is -0.595. The van der Waals surface area contributed by atoms with Gasteiger partial charge in [-0.2, -0.15) is 0 Å². The van der Waals surface area contributed by atoms with Gasteiger partial charge in [0.25, 0.3) is 0 Å². The van der Waals surface area contributed by atoms with Crippen LogP contribution in [0.3, 0.4) is 0 Å². The molecule has 6 N–H and O–H groups in total. The molecule has 0 saturated heterocycles. The number of rotatable bonds is 9. The molecule has 0 aromatic rings. The van der Waals surface area contributed by atoms with E-state index < -0.39 is 30.4 Å². The Kier molecular flexibility index (Phi) is 11.4. The minimum absolute atomic E-state index is 0.0343. The number of aliphatic hydroxyl groups is 5. The van der Waals surface area contributed by atoms with Crippen molar-refractivity contribution in [1.82, 2.24) is 0 Å². The molecule has 0 bridgehead atoms. The number of ether oxygens (including phenoxy) is 1. The SMILES string of the molecule is C[C@H](CCC(=O)O[C@@H]1CC[C@@]2(C)[C@@H](C1)C[C@@H](O)[C@@H]1[C@@H]2C[C@H](O)[C@]2(C)[C@@H]([C@H](C)CCC(=O)O)CC[C@@H]12)[C@H]1CC[C@H]2[C@@H]3[C@H](O)C[C@@H]4C[C@H](O)CC[C@]4(C)[C@H]3C[C@H](O)[C@]12C. The molecule has 0 heterocycles. The maximum absolute atomic E-state index is 13.5. The summed E-state index contributed by atoms with van der Waals surface area (Å²) in [4.78, 5) is 24.9. The summed E-state index contributed by atoms with van der Waals surface area (Å²) in [5, 5.41) is 67.3. The molecule has 8 aliphatic carbocycles. The summed E-state index contributed by atoms with van der Waals surface area (Å²) in [7, 11) is 0. The second kappa shape index (κ2) is 15.3. The Balaban J connectivity index is 0.867. The zero-order valence-corrected chi connectivity index (χ0v) is 36.0. The lowest BCUT2D eigenvalue weighted by atomic mass is 9.43. The van der Waals surface area contributed by atoms with Crippen LogP contribution in [0.25, 0.3) is 0 Å². The van der Waals surface area contributed by atoms with Crippen molar-refractivity contribution >= 4 is 11.9 Å². The van der Waals surface area contributed by atoms with Crippen LogP contribution in [-0.4, -0.2) is 79.2 Å². The van der Waals surface area contributed by atoms with Crippen LogP contribution in [0.15, 0.2) is 0 Å². The van der Waals surface area contributed by atoms with Gasteiger partial charge < -0.3 is 35.4 Å². The maximum atomic E-state index is 13.5. The van der Waals surface area contributed by atoms with Crippen LogP contribution in [0.4, 0.5) is 0 Å². The van der Waals surface area contributed by atoms with Crippen molar-refractivity contribution in [3.05, 3.63) is 0 Å². The van der Waals surface area contributed by atoms with E-state index in [1.807, 2.05) is 0 Å². The van der Waals surface area contributed by atoms with Crippen LogP contribution in [0.5, 0.6) is 0 Å². The number of carbonyl (C=O) groups is 2. The highest BCUT2D eigenvalue weighted by atomic mass is 16.5. The minimum atomic E-state index is -0.769. The molecule has 324 valence electrons. The number of hydrogen-bond donors (Lipinski definition) is 6. The van der Waals surface area contributed by atoms with E-state index in [1.165, 1.54) is 0 Å². The van der Waals surface area contributed by atoms with Crippen LogP contribution >= 0.6 is 0 Å². The topological polar surface area (TPSA) is 165 Å². The summed E-state index contributed by atoms with van der Waals surface area (Å²) < 4.78 is 6.25. The lowest BCUT2D eigenvalue weighted by Gasteiger charge is -2.63. The molecule has 0 aromatic carbocycles. The molecule has 8 fully saturated rings. The predicted octanol–water partition coefficient (Wildman–Crippen LogP) is 7.38. The molecule has 0 amide bonds. The number of aliphatic hydroxyl groups excluding tert-OH is 5. The van der Waals surface area contributed by atoms with Crippen LogP contribution in [0, 0.1) is 92.7 Å². The van der Waals surface area contributed by atoms with Crippen molar-refractivity contribution in [3.8, 4) is 0 Å². The van der Waals surface area contributed by atoms with Gasteiger partial charge in [-0.05, 0) is 195 Å². The Bertz CT molecular complexity index is 1500. The molecule has 0 radical (unpaired) electrons. The fourth-order valence-electron chi connectivity index (χ4n) is 17.7. The average Bonchev–Trinajstić information content (AvgIpc) is 3.70. The fraction of sp³-hybridized carbons (Fsp3) is 0.958. The zero-order valence-electron chi connectivity index (χ0n) is 36.0. The van der Waals surface area contributed by atoms with Gasteiger partial charge in [-0.3, -0.25) is 9.59 Å².